The Morgan fingerprint density at radius 2 is 2.37 bits per heavy atom. The molecule has 0 saturated carbocycles. The fraction of sp³-hybridized carbons (Fsp3) is 0.667. The maximum atomic E-state index is 12.4. The molecule has 4 heteroatoms. The van der Waals surface area contributed by atoms with Crippen LogP contribution in [0.25, 0.3) is 0 Å². The van der Waals surface area contributed by atoms with E-state index in [1.54, 1.807) is 11.3 Å². The highest BCUT2D eigenvalue weighted by Crippen LogP contribution is 2.32. The zero-order chi connectivity index (χ0) is 13.9. The van der Waals surface area contributed by atoms with Crippen molar-refractivity contribution < 1.29 is 4.79 Å². The number of rotatable bonds is 4. The van der Waals surface area contributed by atoms with E-state index in [1.165, 1.54) is 16.9 Å². The fourth-order valence-corrected chi connectivity index (χ4v) is 3.47. The smallest absolute Gasteiger partial charge is 0.226 e. The van der Waals surface area contributed by atoms with Gasteiger partial charge < -0.3 is 10.6 Å². The van der Waals surface area contributed by atoms with Gasteiger partial charge in [0.1, 0.15) is 0 Å². The van der Waals surface area contributed by atoms with E-state index >= 15 is 0 Å². The van der Waals surface area contributed by atoms with Gasteiger partial charge in [0.25, 0.3) is 0 Å². The molecule has 1 saturated heterocycles. The Morgan fingerprint density at radius 3 is 2.95 bits per heavy atom. The van der Waals surface area contributed by atoms with Crippen molar-refractivity contribution in [1.82, 2.24) is 10.6 Å². The summed E-state index contributed by atoms with van der Waals surface area (Å²) in [6.45, 7) is 8.93. The van der Waals surface area contributed by atoms with Crippen LogP contribution in [0, 0.1) is 18.3 Å². The Bertz CT molecular complexity index is 433. The molecule has 1 aromatic heterocycles. The van der Waals surface area contributed by atoms with Crippen LogP contribution in [0.1, 0.15) is 37.1 Å². The standard InChI is InChI=1S/C15H24N2OS/c1-11-6-8-19-13(11)10-17-14(18)15(2,3)12-5-4-7-16-9-12/h6,8,12,16H,4-5,7,9-10H2,1-3H3,(H,17,18). The van der Waals surface area contributed by atoms with Gasteiger partial charge in [-0.2, -0.15) is 0 Å². The first-order valence-corrected chi connectivity index (χ1v) is 7.91. The van der Waals surface area contributed by atoms with E-state index in [2.05, 4.69) is 42.9 Å². The van der Waals surface area contributed by atoms with Crippen LogP contribution in [0.2, 0.25) is 0 Å². The summed E-state index contributed by atoms with van der Waals surface area (Å²) in [5.74, 6) is 0.611. The van der Waals surface area contributed by atoms with Gasteiger partial charge in [-0.1, -0.05) is 13.8 Å². The number of carbonyl (C=O) groups excluding carboxylic acids is 1. The van der Waals surface area contributed by atoms with Crippen molar-refractivity contribution in [2.45, 2.75) is 40.2 Å². The molecule has 2 rings (SSSR count). The Hall–Kier alpha value is -0.870. The lowest BCUT2D eigenvalue weighted by atomic mass is 9.74. The summed E-state index contributed by atoms with van der Waals surface area (Å²) in [6.07, 6.45) is 2.32. The molecule has 1 aliphatic heterocycles. The first-order chi connectivity index (χ1) is 9.01. The van der Waals surface area contributed by atoms with Gasteiger partial charge >= 0.3 is 0 Å². The zero-order valence-electron chi connectivity index (χ0n) is 12.1. The maximum Gasteiger partial charge on any atom is 0.226 e. The molecule has 0 aliphatic carbocycles. The number of hydrogen-bond acceptors (Lipinski definition) is 3. The average Bonchev–Trinajstić information content (AvgIpc) is 2.82. The molecule has 0 aromatic carbocycles. The molecule has 106 valence electrons. The number of nitrogens with one attached hydrogen (secondary N) is 2. The molecular formula is C15H24N2OS. The van der Waals surface area contributed by atoms with E-state index in [9.17, 15) is 4.79 Å². The summed E-state index contributed by atoms with van der Waals surface area (Å²) in [6, 6.07) is 2.10. The number of piperidine rings is 1. The summed E-state index contributed by atoms with van der Waals surface area (Å²) >= 11 is 1.71. The predicted molar refractivity (Wildman–Crippen MR) is 80.3 cm³/mol. The number of thiophene rings is 1. The molecule has 0 spiro atoms. The highest BCUT2D eigenvalue weighted by molar-refractivity contribution is 7.10. The summed E-state index contributed by atoms with van der Waals surface area (Å²) in [5.41, 5.74) is 0.973. The largest absolute Gasteiger partial charge is 0.351 e. The molecule has 1 unspecified atom stereocenters. The third-order valence-corrected chi connectivity index (χ3v) is 5.30. The van der Waals surface area contributed by atoms with Gasteiger partial charge in [0, 0.05) is 10.3 Å². The first-order valence-electron chi connectivity index (χ1n) is 7.04. The highest BCUT2D eigenvalue weighted by Gasteiger charge is 2.37. The monoisotopic (exact) mass is 280 g/mol. The van der Waals surface area contributed by atoms with Crippen LogP contribution in [0.4, 0.5) is 0 Å². The van der Waals surface area contributed by atoms with Crippen LogP contribution < -0.4 is 10.6 Å². The van der Waals surface area contributed by atoms with Gasteiger partial charge in [-0.05, 0) is 55.8 Å². The topological polar surface area (TPSA) is 41.1 Å². The van der Waals surface area contributed by atoms with E-state index in [4.69, 9.17) is 0 Å². The maximum absolute atomic E-state index is 12.4. The quantitative estimate of drug-likeness (QED) is 0.890. The van der Waals surface area contributed by atoms with Gasteiger partial charge in [0.2, 0.25) is 5.91 Å². The minimum Gasteiger partial charge on any atom is -0.351 e. The molecule has 0 bridgehead atoms. The number of carbonyl (C=O) groups is 1. The zero-order valence-corrected chi connectivity index (χ0v) is 12.9. The number of hydrogen-bond donors (Lipinski definition) is 2. The molecule has 1 atom stereocenters. The Labute approximate surface area is 119 Å². The van der Waals surface area contributed by atoms with Crippen molar-refractivity contribution in [1.29, 1.82) is 0 Å². The summed E-state index contributed by atoms with van der Waals surface area (Å²) in [4.78, 5) is 13.7. The molecule has 2 heterocycles. The lowest BCUT2D eigenvalue weighted by molar-refractivity contribution is -0.132. The molecule has 1 fully saturated rings. The van der Waals surface area contributed by atoms with E-state index in [0.717, 1.165) is 19.5 Å². The summed E-state index contributed by atoms with van der Waals surface area (Å²) < 4.78 is 0. The van der Waals surface area contributed by atoms with Crippen LogP contribution in [0.15, 0.2) is 11.4 Å². The van der Waals surface area contributed by atoms with Gasteiger partial charge in [-0.15, -0.1) is 11.3 Å². The second kappa shape index (κ2) is 6.06. The minimum absolute atomic E-state index is 0.175. The van der Waals surface area contributed by atoms with E-state index in [-0.39, 0.29) is 11.3 Å². The van der Waals surface area contributed by atoms with E-state index in [1.807, 2.05) is 0 Å². The van der Waals surface area contributed by atoms with Crippen LogP contribution >= 0.6 is 11.3 Å². The van der Waals surface area contributed by atoms with Crippen LogP contribution in [0.5, 0.6) is 0 Å². The van der Waals surface area contributed by atoms with Gasteiger partial charge in [0.05, 0.1) is 6.54 Å². The molecule has 1 aromatic rings. The van der Waals surface area contributed by atoms with Crippen LogP contribution in [0.3, 0.4) is 0 Å². The van der Waals surface area contributed by atoms with Crippen molar-refractivity contribution in [2.75, 3.05) is 13.1 Å². The van der Waals surface area contributed by atoms with Crippen molar-refractivity contribution >= 4 is 17.2 Å². The molecule has 0 radical (unpaired) electrons. The third-order valence-electron chi connectivity index (χ3n) is 4.28. The van der Waals surface area contributed by atoms with Crippen molar-refractivity contribution in [2.24, 2.45) is 11.3 Å². The summed E-state index contributed by atoms with van der Waals surface area (Å²) in [5, 5.41) is 8.58. The lowest BCUT2D eigenvalue weighted by Crippen LogP contribution is -2.47. The predicted octanol–water partition coefficient (Wildman–Crippen LogP) is 2.70. The molecule has 3 nitrogen and oxygen atoms in total. The Morgan fingerprint density at radius 1 is 1.58 bits per heavy atom. The first kappa shape index (κ1) is 14.5. The third kappa shape index (κ3) is 3.37. The Balaban J connectivity index is 1.92. The normalized spacial score (nSPS) is 20.3. The van der Waals surface area contributed by atoms with Gasteiger partial charge in [0.15, 0.2) is 0 Å². The van der Waals surface area contributed by atoms with E-state index < -0.39 is 0 Å². The number of aryl methyl sites for hydroxylation is 1. The van der Waals surface area contributed by atoms with E-state index in [0.29, 0.717) is 12.5 Å². The highest BCUT2D eigenvalue weighted by atomic mass is 32.1. The minimum atomic E-state index is -0.293. The van der Waals surface area contributed by atoms with Crippen LogP contribution in [-0.4, -0.2) is 19.0 Å². The summed E-state index contributed by atoms with van der Waals surface area (Å²) in [7, 11) is 0. The molecule has 1 aliphatic rings. The average molecular weight is 280 g/mol. The fourth-order valence-electron chi connectivity index (χ4n) is 2.63. The molecular weight excluding hydrogens is 256 g/mol. The molecule has 2 N–H and O–H groups in total. The van der Waals surface area contributed by atoms with Crippen molar-refractivity contribution in [3.63, 3.8) is 0 Å². The van der Waals surface area contributed by atoms with Gasteiger partial charge in [-0.25, -0.2) is 0 Å². The van der Waals surface area contributed by atoms with Crippen LogP contribution in [-0.2, 0) is 11.3 Å². The van der Waals surface area contributed by atoms with Gasteiger partial charge in [-0.3, -0.25) is 4.79 Å². The SMILES string of the molecule is Cc1ccsc1CNC(=O)C(C)(C)C1CCCNC1. The molecule has 1 amide bonds. The lowest BCUT2D eigenvalue weighted by Gasteiger charge is -2.36. The molecule has 19 heavy (non-hydrogen) atoms. The van der Waals surface area contributed by atoms with Crippen molar-refractivity contribution in [3.8, 4) is 0 Å². The second-order valence-corrected chi connectivity index (χ2v) is 6.98. The van der Waals surface area contributed by atoms with Crippen molar-refractivity contribution in [3.05, 3.63) is 21.9 Å². The number of amides is 1. The second-order valence-electron chi connectivity index (χ2n) is 5.97. The Kier molecular flexibility index (Phi) is 4.63.